The van der Waals surface area contributed by atoms with Crippen LogP contribution in [-0.4, -0.2) is 31.7 Å². The molecule has 0 spiro atoms. The number of carbonyl (C=O) groups is 1. The summed E-state index contributed by atoms with van der Waals surface area (Å²) in [5.74, 6) is 0.0842. The molecule has 90 valence electrons. The van der Waals surface area contributed by atoms with Gasteiger partial charge in [0.1, 0.15) is 0 Å². The number of hydrogen-bond donors (Lipinski definition) is 0. The normalized spacial score (nSPS) is 10.6. The highest BCUT2D eigenvalue weighted by molar-refractivity contribution is 7.18. The maximum absolute atomic E-state index is 11.3. The van der Waals surface area contributed by atoms with Crippen molar-refractivity contribution in [2.24, 2.45) is 5.92 Å². The van der Waals surface area contributed by atoms with Crippen LogP contribution in [0.2, 0.25) is 5.15 Å². The predicted octanol–water partition coefficient (Wildman–Crippen LogP) is 2.68. The Balaban J connectivity index is 2.87. The molecule has 6 heteroatoms. The van der Waals surface area contributed by atoms with E-state index in [1.165, 1.54) is 18.4 Å². The summed E-state index contributed by atoms with van der Waals surface area (Å²) >= 11 is 7.12. The molecule has 4 nitrogen and oxygen atoms in total. The van der Waals surface area contributed by atoms with Crippen molar-refractivity contribution in [1.82, 2.24) is 4.98 Å². The molecule has 0 fully saturated rings. The van der Waals surface area contributed by atoms with Crippen LogP contribution in [0.25, 0.3) is 0 Å². The molecular weight excluding hydrogens is 248 g/mol. The molecule has 0 aliphatic carbocycles. The van der Waals surface area contributed by atoms with E-state index in [0.717, 1.165) is 11.7 Å². The molecule has 16 heavy (non-hydrogen) atoms. The Kier molecular flexibility index (Phi) is 4.56. The standard InChI is InChI=1S/C10H15ClN2O2S/c1-6(2)5-13(3)10-12-8(11)7(16-10)9(14)15-4/h6H,5H2,1-4H3. The lowest BCUT2D eigenvalue weighted by atomic mass is 10.2. The Morgan fingerprint density at radius 2 is 2.25 bits per heavy atom. The molecule has 1 rings (SSSR count). The molecule has 0 aliphatic heterocycles. The van der Waals surface area contributed by atoms with E-state index in [2.05, 4.69) is 23.6 Å². The van der Waals surface area contributed by atoms with Gasteiger partial charge >= 0.3 is 5.97 Å². The minimum atomic E-state index is -0.438. The highest BCUT2D eigenvalue weighted by atomic mass is 35.5. The number of ether oxygens (including phenoxy) is 1. The third kappa shape index (κ3) is 3.09. The number of anilines is 1. The molecule has 1 heterocycles. The van der Waals surface area contributed by atoms with Crippen molar-refractivity contribution in [2.45, 2.75) is 13.8 Å². The molecule has 1 aromatic heterocycles. The van der Waals surface area contributed by atoms with Crippen molar-refractivity contribution in [1.29, 1.82) is 0 Å². The second-order valence-electron chi connectivity index (χ2n) is 3.88. The average Bonchev–Trinajstić information content (AvgIpc) is 2.58. The second-order valence-corrected chi connectivity index (χ2v) is 5.22. The van der Waals surface area contributed by atoms with Crippen molar-refractivity contribution in [2.75, 3.05) is 25.6 Å². The van der Waals surface area contributed by atoms with Crippen molar-refractivity contribution in [3.05, 3.63) is 10.0 Å². The molecule has 0 saturated heterocycles. The zero-order chi connectivity index (χ0) is 12.3. The first-order chi connectivity index (χ1) is 7.45. The Labute approximate surface area is 104 Å². The molecule has 0 aliphatic rings. The molecule has 0 aromatic carbocycles. The topological polar surface area (TPSA) is 42.4 Å². The lowest BCUT2D eigenvalue weighted by molar-refractivity contribution is 0.0606. The number of thiazole rings is 1. The van der Waals surface area contributed by atoms with Crippen LogP contribution in [0.1, 0.15) is 23.5 Å². The quantitative estimate of drug-likeness (QED) is 0.783. The van der Waals surface area contributed by atoms with Crippen molar-refractivity contribution in [3.8, 4) is 0 Å². The summed E-state index contributed by atoms with van der Waals surface area (Å²) in [6, 6.07) is 0. The van der Waals surface area contributed by atoms with Crippen LogP contribution in [0.5, 0.6) is 0 Å². The lowest BCUT2D eigenvalue weighted by Gasteiger charge is -2.17. The first-order valence-electron chi connectivity index (χ1n) is 4.91. The Morgan fingerprint density at radius 1 is 1.62 bits per heavy atom. The van der Waals surface area contributed by atoms with E-state index in [1.807, 2.05) is 11.9 Å². The van der Waals surface area contributed by atoms with Crippen LogP contribution in [0, 0.1) is 5.92 Å². The maximum Gasteiger partial charge on any atom is 0.351 e. The van der Waals surface area contributed by atoms with E-state index in [4.69, 9.17) is 11.6 Å². The van der Waals surface area contributed by atoms with E-state index in [-0.39, 0.29) is 5.15 Å². The zero-order valence-corrected chi connectivity index (χ0v) is 11.4. The third-order valence-corrected chi connectivity index (χ3v) is 3.45. The smallest absolute Gasteiger partial charge is 0.351 e. The van der Waals surface area contributed by atoms with E-state index >= 15 is 0 Å². The van der Waals surface area contributed by atoms with Crippen LogP contribution in [0.3, 0.4) is 0 Å². The van der Waals surface area contributed by atoms with Crippen LogP contribution >= 0.6 is 22.9 Å². The summed E-state index contributed by atoms with van der Waals surface area (Å²) < 4.78 is 4.62. The molecule has 0 saturated carbocycles. The first kappa shape index (κ1) is 13.3. The number of carbonyl (C=O) groups excluding carboxylic acids is 1. The van der Waals surface area contributed by atoms with Gasteiger partial charge in [-0.2, -0.15) is 0 Å². The average molecular weight is 263 g/mol. The number of aromatic nitrogens is 1. The summed E-state index contributed by atoms with van der Waals surface area (Å²) in [7, 11) is 3.26. The maximum atomic E-state index is 11.3. The molecule has 0 atom stereocenters. The van der Waals surface area contributed by atoms with Gasteiger partial charge in [-0.05, 0) is 5.92 Å². The van der Waals surface area contributed by atoms with Gasteiger partial charge in [0.2, 0.25) is 0 Å². The predicted molar refractivity (Wildman–Crippen MR) is 66.6 cm³/mol. The van der Waals surface area contributed by atoms with Crippen molar-refractivity contribution >= 4 is 34.0 Å². The van der Waals surface area contributed by atoms with Crippen LogP contribution in [0.15, 0.2) is 0 Å². The molecule has 0 bridgehead atoms. The summed E-state index contributed by atoms with van der Waals surface area (Å²) in [6.07, 6.45) is 0. The van der Waals surface area contributed by atoms with E-state index in [0.29, 0.717) is 10.8 Å². The van der Waals surface area contributed by atoms with Gasteiger partial charge < -0.3 is 9.64 Å². The van der Waals surface area contributed by atoms with Crippen LogP contribution in [0.4, 0.5) is 5.13 Å². The lowest BCUT2D eigenvalue weighted by Crippen LogP contribution is -2.22. The van der Waals surface area contributed by atoms with Gasteiger partial charge in [-0.25, -0.2) is 9.78 Å². The van der Waals surface area contributed by atoms with Gasteiger partial charge in [-0.1, -0.05) is 36.8 Å². The first-order valence-corrected chi connectivity index (χ1v) is 6.11. The monoisotopic (exact) mass is 262 g/mol. The molecule has 1 aromatic rings. The van der Waals surface area contributed by atoms with Gasteiger partial charge in [-0.15, -0.1) is 0 Å². The number of esters is 1. The fourth-order valence-electron chi connectivity index (χ4n) is 1.30. The summed E-state index contributed by atoms with van der Waals surface area (Å²) in [5, 5.41) is 0.946. The number of methoxy groups -OCH3 is 1. The number of hydrogen-bond acceptors (Lipinski definition) is 5. The number of rotatable bonds is 4. The fraction of sp³-hybridized carbons (Fsp3) is 0.600. The minimum absolute atomic E-state index is 0.211. The molecule has 0 amide bonds. The van der Waals surface area contributed by atoms with Gasteiger partial charge in [0.05, 0.1) is 7.11 Å². The summed E-state index contributed by atoms with van der Waals surface area (Å²) in [4.78, 5) is 17.8. The largest absolute Gasteiger partial charge is 0.465 e. The van der Waals surface area contributed by atoms with Crippen molar-refractivity contribution < 1.29 is 9.53 Å². The highest BCUT2D eigenvalue weighted by Crippen LogP contribution is 2.29. The Morgan fingerprint density at radius 3 is 2.75 bits per heavy atom. The SMILES string of the molecule is COC(=O)c1sc(N(C)CC(C)C)nc1Cl. The molecular formula is C10H15ClN2O2S. The molecule has 0 radical (unpaired) electrons. The minimum Gasteiger partial charge on any atom is -0.465 e. The third-order valence-electron chi connectivity index (χ3n) is 1.91. The number of nitrogens with zero attached hydrogens (tertiary/aromatic N) is 2. The Hall–Kier alpha value is -0.810. The van der Waals surface area contributed by atoms with Crippen molar-refractivity contribution in [3.63, 3.8) is 0 Å². The summed E-state index contributed by atoms with van der Waals surface area (Å²) in [5.41, 5.74) is 0. The van der Waals surface area contributed by atoms with E-state index in [1.54, 1.807) is 0 Å². The van der Waals surface area contributed by atoms with Crippen LogP contribution in [-0.2, 0) is 4.74 Å². The van der Waals surface area contributed by atoms with Gasteiger partial charge in [0.15, 0.2) is 15.2 Å². The van der Waals surface area contributed by atoms with E-state index in [9.17, 15) is 4.79 Å². The molecule has 0 N–H and O–H groups in total. The fourth-order valence-corrected chi connectivity index (χ4v) is 2.47. The summed E-state index contributed by atoms with van der Waals surface area (Å²) in [6.45, 7) is 5.10. The Bertz CT molecular complexity index is 379. The van der Waals surface area contributed by atoms with Gasteiger partial charge in [0, 0.05) is 13.6 Å². The van der Waals surface area contributed by atoms with Gasteiger partial charge in [0.25, 0.3) is 0 Å². The van der Waals surface area contributed by atoms with Crippen LogP contribution < -0.4 is 4.90 Å². The number of halogens is 1. The second kappa shape index (κ2) is 5.50. The zero-order valence-electron chi connectivity index (χ0n) is 9.78. The van der Waals surface area contributed by atoms with Gasteiger partial charge in [-0.3, -0.25) is 0 Å². The van der Waals surface area contributed by atoms with E-state index < -0.39 is 5.97 Å². The highest BCUT2D eigenvalue weighted by Gasteiger charge is 2.19. The molecule has 0 unspecified atom stereocenters.